The number of rotatable bonds is 8. The van der Waals surface area contributed by atoms with E-state index < -0.39 is 11.7 Å². The predicted molar refractivity (Wildman–Crippen MR) is 118 cm³/mol. The summed E-state index contributed by atoms with van der Waals surface area (Å²) in [7, 11) is 0. The van der Waals surface area contributed by atoms with Crippen molar-refractivity contribution < 1.29 is 18.8 Å². The van der Waals surface area contributed by atoms with Crippen molar-refractivity contribution in [3.05, 3.63) is 59.4 Å². The van der Waals surface area contributed by atoms with Crippen LogP contribution in [0.2, 0.25) is 0 Å². The largest absolute Gasteiger partial charge is 0.444 e. The first-order valence-corrected chi connectivity index (χ1v) is 10.9. The standard InChI is InChI=1S/C22H26N4O4S/c1-22(2,3)29-21(28)26(15-16-7-4-9-23-14-16)11-6-10-24-20(27)17-13-18(30-25-17)19-8-5-12-31-19/h4-5,7-9,12-14H,6,10-11,15H2,1-3H3,(H,24,27). The van der Waals surface area contributed by atoms with E-state index in [1.165, 1.54) is 11.3 Å². The maximum absolute atomic E-state index is 12.6. The van der Waals surface area contributed by atoms with Gasteiger partial charge in [-0.1, -0.05) is 17.3 Å². The maximum Gasteiger partial charge on any atom is 0.410 e. The molecule has 0 spiro atoms. The number of hydrogen-bond acceptors (Lipinski definition) is 7. The molecule has 2 amide bonds. The average molecular weight is 443 g/mol. The molecule has 3 aromatic heterocycles. The van der Waals surface area contributed by atoms with Gasteiger partial charge in [-0.25, -0.2) is 4.79 Å². The summed E-state index contributed by atoms with van der Waals surface area (Å²) in [4.78, 5) is 31.6. The van der Waals surface area contributed by atoms with Crippen LogP contribution in [0.15, 0.2) is 52.6 Å². The Hall–Kier alpha value is -3.20. The molecule has 0 bridgehead atoms. The minimum atomic E-state index is -0.592. The molecule has 31 heavy (non-hydrogen) atoms. The van der Waals surface area contributed by atoms with Gasteiger partial charge in [0.1, 0.15) is 5.60 Å². The van der Waals surface area contributed by atoms with Crippen LogP contribution in [-0.2, 0) is 11.3 Å². The van der Waals surface area contributed by atoms with Crippen molar-refractivity contribution >= 4 is 23.3 Å². The van der Waals surface area contributed by atoms with Crippen molar-refractivity contribution in [1.82, 2.24) is 20.4 Å². The smallest absolute Gasteiger partial charge is 0.410 e. The van der Waals surface area contributed by atoms with Crippen LogP contribution in [0.1, 0.15) is 43.2 Å². The third-order valence-electron chi connectivity index (χ3n) is 4.15. The zero-order valence-electron chi connectivity index (χ0n) is 17.8. The van der Waals surface area contributed by atoms with Crippen LogP contribution in [0.4, 0.5) is 4.79 Å². The van der Waals surface area contributed by atoms with Gasteiger partial charge >= 0.3 is 6.09 Å². The van der Waals surface area contributed by atoms with E-state index in [0.717, 1.165) is 10.4 Å². The summed E-state index contributed by atoms with van der Waals surface area (Å²) < 4.78 is 10.8. The molecule has 0 aliphatic rings. The van der Waals surface area contributed by atoms with Crippen molar-refractivity contribution in [2.24, 2.45) is 0 Å². The molecule has 0 atom stereocenters. The summed E-state index contributed by atoms with van der Waals surface area (Å²) in [6.07, 6.45) is 3.56. The van der Waals surface area contributed by atoms with Crippen molar-refractivity contribution in [2.45, 2.75) is 39.3 Å². The van der Waals surface area contributed by atoms with Crippen LogP contribution in [-0.4, -0.2) is 45.7 Å². The highest BCUT2D eigenvalue weighted by Gasteiger charge is 2.22. The number of carbonyl (C=O) groups excluding carboxylic acids is 2. The first kappa shape index (κ1) is 22.5. The molecule has 3 aromatic rings. The SMILES string of the molecule is CC(C)(C)OC(=O)N(CCCNC(=O)c1cc(-c2cccs2)on1)Cc1cccnc1. The van der Waals surface area contributed by atoms with Crippen LogP contribution in [0.25, 0.3) is 10.6 Å². The summed E-state index contributed by atoms with van der Waals surface area (Å²) in [6, 6.07) is 9.16. The Bertz CT molecular complexity index is 981. The first-order chi connectivity index (χ1) is 14.8. The van der Waals surface area contributed by atoms with E-state index in [-0.39, 0.29) is 11.6 Å². The highest BCUT2D eigenvalue weighted by atomic mass is 32.1. The average Bonchev–Trinajstić information content (AvgIpc) is 3.41. The van der Waals surface area contributed by atoms with Gasteiger partial charge < -0.3 is 19.5 Å². The molecule has 0 fully saturated rings. The second-order valence-corrected chi connectivity index (χ2v) is 8.87. The normalized spacial score (nSPS) is 11.2. The molecule has 0 radical (unpaired) electrons. The number of ether oxygens (including phenoxy) is 1. The lowest BCUT2D eigenvalue weighted by molar-refractivity contribution is 0.0232. The van der Waals surface area contributed by atoms with Crippen molar-refractivity contribution in [3.8, 4) is 10.6 Å². The molecule has 0 aliphatic heterocycles. The van der Waals surface area contributed by atoms with Gasteiger partial charge in [0.2, 0.25) is 0 Å². The Balaban J connectivity index is 1.52. The summed E-state index contributed by atoms with van der Waals surface area (Å²) in [5.74, 6) is 0.246. The fourth-order valence-corrected chi connectivity index (χ4v) is 3.43. The lowest BCUT2D eigenvalue weighted by Gasteiger charge is -2.27. The van der Waals surface area contributed by atoms with Crippen molar-refractivity contribution in [2.75, 3.05) is 13.1 Å². The van der Waals surface area contributed by atoms with Gasteiger partial charge in [0, 0.05) is 31.5 Å². The fraction of sp³-hybridized carbons (Fsp3) is 0.364. The number of amides is 2. The number of nitrogens with one attached hydrogen (secondary N) is 1. The monoisotopic (exact) mass is 442 g/mol. The minimum Gasteiger partial charge on any atom is -0.444 e. The fourth-order valence-electron chi connectivity index (χ4n) is 2.75. The van der Waals surface area contributed by atoms with Crippen molar-refractivity contribution in [1.29, 1.82) is 0 Å². The van der Waals surface area contributed by atoms with Gasteiger partial charge in [-0.3, -0.25) is 9.78 Å². The van der Waals surface area contributed by atoms with Gasteiger partial charge in [0.25, 0.3) is 5.91 Å². The Morgan fingerprint density at radius 3 is 2.77 bits per heavy atom. The maximum atomic E-state index is 12.6. The number of aromatic nitrogens is 2. The molecule has 0 aliphatic carbocycles. The van der Waals surface area contributed by atoms with Gasteiger partial charge in [-0.15, -0.1) is 11.3 Å². The number of pyridine rings is 1. The molecule has 1 N–H and O–H groups in total. The molecular formula is C22H26N4O4S. The molecule has 164 valence electrons. The van der Waals surface area contributed by atoms with E-state index in [4.69, 9.17) is 9.26 Å². The Morgan fingerprint density at radius 2 is 2.10 bits per heavy atom. The molecule has 0 saturated heterocycles. The number of carbonyl (C=O) groups is 2. The zero-order valence-corrected chi connectivity index (χ0v) is 18.6. The van der Waals surface area contributed by atoms with E-state index >= 15 is 0 Å². The summed E-state index contributed by atoms with van der Waals surface area (Å²) in [5.41, 5.74) is 0.537. The summed E-state index contributed by atoms with van der Waals surface area (Å²) >= 11 is 1.51. The van der Waals surface area contributed by atoms with Crippen LogP contribution >= 0.6 is 11.3 Å². The van der Waals surface area contributed by atoms with Gasteiger partial charge in [0.15, 0.2) is 11.5 Å². The van der Waals surface area contributed by atoms with Gasteiger partial charge in [-0.2, -0.15) is 0 Å². The Labute approximate surface area is 185 Å². The molecular weight excluding hydrogens is 416 g/mol. The summed E-state index contributed by atoms with van der Waals surface area (Å²) in [6.45, 7) is 6.67. The van der Waals surface area contributed by atoms with Crippen LogP contribution in [0.5, 0.6) is 0 Å². The third kappa shape index (κ3) is 6.92. The van der Waals surface area contributed by atoms with Crippen LogP contribution in [0, 0.1) is 0 Å². The number of nitrogens with zero attached hydrogens (tertiary/aromatic N) is 3. The predicted octanol–water partition coefficient (Wildman–Crippen LogP) is 4.36. The minimum absolute atomic E-state index is 0.225. The molecule has 0 unspecified atom stereocenters. The second-order valence-electron chi connectivity index (χ2n) is 7.93. The highest BCUT2D eigenvalue weighted by Crippen LogP contribution is 2.25. The Morgan fingerprint density at radius 1 is 1.26 bits per heavy atom. The first-order valence-electron chi connectivity index (χ1n) is 9.97. The highest BCUT2D eigenvalue weighted by molar-refractivity contribution is 7.13. The quantitative estimate of drug-likeness (QED) is 0.521. The van der Waals surface area contributed by atoms with E-state index in [1.807, 2.05) is 50.4 Å². The van der Waals surface area contributed by atoms with Gasteiger partial charge in [0.05, 0.1) is 11.4 Å². The van der Waals surface area contributed by atoms with Crippen LogP contribution in [0.3, 0.4) is 0 Å². The molecule has 3 heterocycles. The van der Waals surface area contributed by atoms with Crippen molar-refractivity contribution in [3.63, 3.8) is 0 Å². The molecule has 3 rings (SSSR count). The lowest BCUT2D eigenvalue weighted by atomic mass is 10.2. The third-order valence-corrected chi connectivity index (χ3v) is 5.03. The second kappa shape index (κ2) is 10.2. The lowest BCUT2D eigenvalue weighted by Crippen LogP contribution is -2.38. The summed E-state index contributed by atoms with van der Waals surface area (Å²) in [5, 5.41) is 8.58. The molecule has 9 heteroatoms. The number of hydrogen-bond donors (Lipinski definition) is 1. The molecule has 8 nitrogen and oxygen atoms in total. The van der Waals surface area contributed by atoms with E-state index in [9.17, 15) is 9.59 Å². The molecule has 0 aromatic carbocycles. The van der Waals surface area contributed by atoms with Gasteiger partial charge in [-0.05, 0) is 50.3 Å². The molecule has 0 saturated carbocycles. The topological polar surface area (TPSA) is 97.6 Å². The zero-order chi connectivity index (χ0) is 22.3. The Kier molecular flexibility index (Phi) is 7.41. The van der Waals surface area contributed by atoms with E-state index in [0.29, 0.717) is 31.8 Å². The van der Waals surface area contributed by atoms with Crippen LogP contribution < -0.4 is 5.32 Å². The van der Waals surface area contributed by atoms with E-state index in [2.05, 4.69) is 15.5 Å². The van der Waals surface area contributed by atoms with E-state index in [1.54, 1.807) is 23.4 Å². The number of thiophene rings is 1.